The van der Waals surface area contributed by atoms with Crippen molar-refractivity contribution in [3.63, 3.8) is 0 Å². The molecule has 0 amide bonds. The molecule has 1 aromatic heterocycles. The van der Waals surface area contributed by atoms with E-state index in [1.807, 2.05) is 0 Å². The SMILES string of the molecule is COc1cccc2c1[n+](=O)c(C)c(C)n2O. The van der Waals surface area contributed by atoms with Crippen molar-refractivity contribution in [2.75, 3.05) is 7.11 Å². The van der Waals surface area contributed by atoms with Crippen LogP contribution in [0.3, 0.4) is 0 Å². The smallest absolute Gasteiger partial charge is 0.331 e. The predicted octanol–water partition coefficient (Wildman–Crippen LogP) is 1.42. The minimum atomic E-state index is 0.329. The van der Waals surface area contributed by atoms with Crippen molar-refractivity contribution >= 4 is 11.0 Å². The molecule has 0 aliphatic heterocycles. The van der Waals surface area contributed by atoms with E-state index in [4.69, 9.17) is 4.74 Å². The van der Waals surface area contributed by atoms with Crippen LogP contribution in [0.25, 0.3) is 11.0 Å². The number of hydrogen-bond acceptors (Lipinski definition) is 3. The second kappa shape index (κ2) is 3.52. The average molecular weight is 221 g/mol. The highest BCUT2D eigenvalue weighted by molar-refractivity contribution is 5.78. The van der Waals surface area contributed by atoms with Gasteiger partial charge < -0.3 is 9.94 Å². The first-order valence-electron chi connectivity index (χ1n) is 4.88. The van der Waals surface area contributed by atoms with Crippen molar-refractivity contribution in [1.82, 2.24) is 4.73 Å². The zero-order valence-corrected chi connectivity index (χ0v) is 9.39. The first-order valence-corrected chi connectivity index (χ1v) is 4.88. The molecule has 2 rings (SSSR count). The van der Waals surface area contributed by atoms with Crippen LogP contribution in [-0.2, 0) is 0 Å². The van der Waals surface area contributed by atoms with Crippen LogP contribution in [0.2, 0.25) is 0 Å². The van der Waals surface area contributed by atoms with E-state index in [-0.39, 0.29) is 0 Å². The highest BCUT2D eigenvalue weighted by Crippen LogP contribution is 2.22. The molecule has 5 heteroatoms. The summed E-state index contributed by atoms with van der Waals surface area (Å²) in [6.07, 6.45) is 0. The third-order valence-corrected chi connectivity index (χ3v) is 2.77. The molecule has 16 heavy (non-hydrogen) atoms. The van der Waals surface area contributed by atoms with Crippen molar-refractivity contribution in [3.8, 4) is 5.75 Å². The molecule has 0 bridgehead atoms. The molecular formula is C11H13N2O3+. The number of benzene rings is 1. The minimum Gasteiger partial charge on any atom is -0.490 e. The first kappa shape index (κ1) is 10.5. The average Bonchev–Trinajstić information content (AvgIpc) is 2.32. The van der Waals surface area contributed by atoms with Crippen molar-refractivity contribution in [1.29, 1.82) is 0 Å². The van der Waals surface area contributed by atoms with E-state index in [2.05, 4.69) is 0 Å². The van der Waals surface area contributed by atoms with Gasteiger partial charge in [-0.3, -0.25) is 0 Å². The van der Waals surface area contributed by atoms with Gasteiger partial charge in [0, 0.05) is 11.8 Å². The Balaban J connectivity index is 3.08. The number of fused-ring (bicyclic) bond motifs is 1. The second-order valence-corrected chi connectivity index (χ2v) is 3.61. The highest BCUT2D eigenvalue weighted by atomic mass is 16.5. The molecule has 2 aromatic rings. The molecule has 1 aromatic carbocycles. The van der Waals surface area contributed by atoms with E-state index >= 15 is 0 Å². The maximum atomic E-state index is 12.0. The van der Waals surface area contributed by atoms with Crippen LogP contribution in [0.1, 0.15) is 11.4 Å². The van der Waals surface area contributed by atoms with E-state index < -0.39 is 0 Å². The number of para-hydroxylation sites is 1. The lowest BCUT2D eigenvalue weighted by molar-refractivity contribution is -0.474. The molecule has 0 spiro atoms. The predicted molar refractivity (Wildman–Crippen MR) is 58.5 cm³/mol. The monoisotopic (exact) mass is 221 g/mol. The molecule has 0 saturated carbocycles. The zero-order valence-electron chi connectivity index (χ0n) is 9.39. The molecule has 0 radical (unpaired) electrons. The summed E-state index contributed by atoms with van der Waals surface area (Å²) in [5.74, 6) is 0.443. The Hall–Kier alpha value is -2.04. The van der Waals surface area contributed by atoms with Crippen LogP contribution in [0.15, 0.2) is 18.2 Å². The van der Waals surface area contributed by atoms with Gasteiger partial charge in [-0.05, 0) is 19.1 Å². The molecule has 5 nitrogen and oxygen atoms in total. The van der Waals surface area contributed by atoms with Gasteiger partial charge in [-0.1, -0.05) is 6.07 Å². The number of methoxy groups -OCH3 is 1. The molecule has 0 aliphatic rings. The fraction of sp³-hybridized carbons (Fsp3) is 0.273. The van der Waals surface area contributed by atoms with Crippen LogP contribution >= 0.6 is 0 Å². The molecular weight excluding hydrogens is 208 g/mol. The summed E-state index contributed by atoms with van der Waals surface area (Å²) < 4.78 is 6.89. The Morgan fingerprint density at radius 3 is 2.69 bits per heavy atom. The molecule has 84 valence electrons. The highest BCUT2D eigenvalue weighted by Gasteiger charge is 2.22. The van der Waals surface area contributed by atoms with Crippen molar-refractivity contribution in [2.24, 2.45) is 0 Å². The summed E-state index contributed by atoms with van der Waals surface area (Å²) in [6, 6.07) is 5.08. The topological polar surface area (TPSA) is 57.4 Å². The molecule has 0 unspecified atom stereocenters. The summed E-state index contributed by atoms with van der Waals surface area (Å²) in [6.45, 7) is 3.34. The lowest BCUT2D eigenvalue weighted by atomic mass is 10.2. The molecule has 0 fully saturated rings. The fourth-order valence-electron chi connectivity index (χ4n) is 1.70. The summed E-state index contributed by atoms with van der Waals surface area (Å²) in [4.78, 5) is 12.0. The maximum Gasteiger partial charge on any atom is 0.331 e. The standard InChI is InChI=1S/C11H13N2O3/c1-7-8(2)13(15)11-9(12(7)14)5-4-6-10(11)16-3/h4-6,14H,1-3H3/q+1. The van der Waals surface area contributed by atoms with E-state index in [1.165, 1.54) is 7.11 Å². The first-order chi connectivity index (χ1) is 7.57. The van der Waals surface area contributed by atoms with Gasteiger partial charge in [0.1, 0.15) is 5.69 Å². The van der Waals surface area contributed by atoms with Crippen LogP contribution in [0.5, 0.6) is 5.75 Å². The Labute approximate surface area is 92.1 Å². The quantitative estimate of drug-likeness (QED) is 0.585. The largest absolute Gasteiger partial charge is 0.490 e. The lowest BCUT2D eigenvalue weighted by Crippen LogP contribution is -2.25. The fourth-order valence-corrected chi connectivity index (χ4v) is 1.70. The van der Waals surface area contributed by atoms with Gasteiger partial charge in [-0.25, -0.2) is 0 Å². The van der Waals surface area contributed by atoms with E-state index in [1.54, 1.807) is 32.0 Å². The normalized spacial score (nSPS) is 10.7. The number of nitrogens with zero attached hydrogens (tertiary/aromatic N) is 2. The zero-order chi connectivity index (χ0) is 11.9. The molecule has 0 atom stereocenters. The van der Waals surface area contributed by atoms with Gasteiger partial charge in [0.25, 0.3) is 5.69 Å². The van der Waals surface area contributed by atoms with Crippen molar-refractivity contribution in [2.45, 2.75) is 13.8 Å². The van der Waals surface area contributed by atoms with Crippen molar-refractivity contribution in [3.05, 3.63) is 34.5 Å². The van der Waals surface area contributed by atoms with Crippen LogP contribution in [0, 0.1) is 18.8 Å². The summed E-state index contributed by atoms with van der Waals surface area (Å²) in [7, 11) is 1.49. The minimum absolute atomic E-state index is 0.329. The summed E-state index contributed by atoms with van der Waals surface area (Å²) >= 11 is 0. The van der Waals surface area contributed by atoms with Crippen LogP contribution in [0.4, 0.5) is 0 Å². The third-order valence-electron chi connectivity index (χ3n) is 2.77. The molecule has 1 heterocycles. The van der Waals surface area contributed by atoms with Gasteiger partial charge in [0.2, 0.25) is 0 Å². The maximum absolute atomic E-state index is 12.0. The van der Waals surface area contributed by atoms with Crippen molar-refractivity contribution < 1.29 is 14.4 Å². The summed E-state index contributed by atoms with van der Waals surface area (Å²) in [5.41, 5.74) is 1.71. The summed E-state index contributed by atoms with van der Waals surface area (Å²) in [5, 5.41) is 9.89. The Kier molecular flexibility index (Phi) is 2.30. The molecule has 0 saturated heterocycles. The molecule has 0 aliphatic carbocycles. The number of aromatic nitrogens is 2. The van der Waals surface area contributed by atoms with Gasteiger partial charge in [0.15, 0.2) is 11.3 Å². The number of hydrogen-bond donors (Lipinski definition) is 1. The van der Waals surface area contributed by atoms with E-state index in [9.17, 15) is 10.1 Å². The van der Waals surface area contributed by atoms with Gasteiger partial charge in [-0.2, -0.15) is 4.73 Å². The number of rotatable bonds is 1. The van der Waals surface area contributed by atoms with Gasteiger partial charge >= 0.3 is 5.52 Å². The lowest BCUT2D eigenvalue weighted by Gasteiger charge is -2.06. The van der Waals surface area contributed by atoms with Crippen LogP contribution in [-0.4, -0.2) is 17.0 Å². The molecule has 1 N–H and O–H groups in total. The van der Waals surface area contributed by atoms with Crippen LogP contribution < -0.4 is 9.16 Å². The number of ether oxygens (including phenoxy) is 1. The van der Waals surface area contributed by atoms with Gasteiger partial charge in [0.05, 0.1) is 11.5 Å². The Morgan fingerprint density at radius 2 is 2.06 bits per heavy atom. The third kappa shape index (κ3) is 1.25. The Morgan fingerprint density at radius 1 is 1.38 bits per heavy atom. The Bertz CT molecular complexity index is 617. The second-order valence-electron chi connectivity index (χ2n) is 3.61. The van der Waals surface area contributed by atoms with E-state index in [0.29, 0.717) is 28.2 Å². The van der Waals surface area contributed by atoms with Gasteiger partial charge in [-0.15, -0.1) is 0 Å². The van der Waals surface area contributed by atoms with E-state index in [0.717, 1.165) is 9.16 Å².